The molecule has 0 saturated heterocycles. The van der Waals surface area contributed by atoms with Gasteiger partial charge in [-0.3, -0.25) is 0 Å². The molecule has 0 aromatic heterocycles. The predicted octanol–water partition coefficient (Wildman–Crippen LogP) is 5.28. The van der Waals surface area contributed by atoms with Crippen LogP contribution in [0, 0.1) is 0 Å². The number of benzene rings is 2. The number of hydrogen-bond acceptors (Lipinski definition) is 3. The first-order valence-corrected chi connectivity index (χ1v) is 26.5. The zero-order valence-corrected chi connectivity index (χ0v) is 22.7. The zero-order chi connectivity index (χ0) is 20.2. The molecule has 0 aliphatic heterocycles. The minimum absolute atomic E-state index is 0.00146. The Kier molecular flexibility index (Phi) is 4.42. The second-order valence-corrected chi connectivity index (χ2v) is 59.1. The summed E-state index contributed by atoms with van der Waals surface area (Å²) in [4.78, 5) is 0. The molecule has 8 heteroatoms. The van der Waals surface area contributed by atoms with E-state index in [9.17, 15) is 3.32 Å². The average Bonchev–Trinajstić information content (AvgIpc) is 2.86. The summed E-state index contributed by atoms with van der Waals surface area (Å²) < 4.78 is 26.1. The molecule has 0 N–H and O–H groups in total. The van der Waals surface area contributed by atoms with Gasteiger partial charge in [0.2, 0.25) is 0 Å². The van der Waals surface area contributed by atoms with Crippen molar-refractivity contribution < 1.29 is 21.3 Å². The van der Waals surface area contributed by atoms with Crippen LogP contribution in [0.2, 0.25) is 24.9 Å². The van der Waals surface area contributed by atoms with Crippen LogP contribution in [0.15, 0.2) is 48.5 Å². The molecule has 0 unspecified atom stereocenters. The van der Waals surface area contributed by atoms with Crippen molar-refractivity contribution in [1.29, 1.82) is 0 Å². The van der Waals surface area contributed by atoms with Crippen molar-refractivity contribution >= 4 is 35.0 Å². The number of fused-ring (bicyclic) bond motifs is 3. The molecule has 27 heavy (non-hydrogen) atoms. The topological polar surface area (TPSA) is 35.5 Å². The molecule has 0 bridgehead atoms. The van der Waals surface area contributed by atoms with Crippen molar-refractivity contribution in [3.63, 3.8) is 0 Å². The van der Waals surface area contributed by atoms with E-state index in [1.807, 2.05) is 48.5 Å². The first-order valence-electron chi connectivity index (χ1n) is 9.34. The van der Waals surface area contributed by atoms with E-state index in [-0.39, 0.29) is 14.7 Å². The van der Waals surface area contributed by atoms with Crippen LogP contribution in [0.3, 0.4) is 0 Å². The van der Waals surface area contributed by atoms with Gasteiger partial charge in [0.05, 0.1) is 0 Å². The van der Waals surface area contributed by atoms with E-state index in [1.165, 1.54) is 5.23 Å². The maximum atomic E-state index is 14.8. The van der Waals surface area contributed by atoms with Crippen LogP contribution in [0.5, 0.6) is 0 Å². The third-order valence-corrected chi connectivity index (χ3v) is 18.7. The van der Waals surface area contributed by atoms with E-state index >= 15 is 0 Å². The normalized spacial score (nSPS) is 18.8. The predicted molar refractivity (Wildman–Crippen MR) is 117 cm³/mol. The molecule has 2 aromatic rings. The third-order valence-electron chi connectivity index (χ3n) is 5.13. The van der Waals surface area contributed by atoms with Gasteiger partial charge >= 0.3 is 169 Å². The van der Waals surface area contributed by atoms with Gasteiger partial charge in [0, 0.05) is 0 Å². The molecule has 0 spiro atoms. The van der Waals surface area contributed by atoms with Crippen LogP contribution in [0.25, 0.3) is 11.1 Å². The SMILES string of the molecule is C[Si](C)(C)OCC[O][Ti]([CH3])(=[O])([SiH3])([Cl])([Cl])[CH]1c2ccccc2-c2ccccc21. The van der Waals surface area contributed by atoms with Crippen molar-refractivity contribution in [3.05, 3.63) is 59.7 Å². The molecular weight excluding hydrogens is 451 g/mol. The van der Waals surface area contributed by atoms with Crippen molar-refractivity contribution in [1.82, 2.24) is 0 Å². The van der Waals surface area contributed by atoms with Gasteiger partial charge in [0.15, 0.2) is 0 Å². The zero-order valence-electron chi connectivity index (χ0n) is 16.6. The Bertz CT molecular complexity index is 974. The van der Waals surface area contributed by atoms with Crippen LogP contribution >= 0.6 is 18.6 Å². The molecule has 0 heterocycles. The molecule has 0 saturated carbocycles. The first kappa shape index (κ1) is 21.6. The van der Waals surface area contributed by atoms with Gasteiger partial charge in [0.1, 0.15) is 0 Å². The van der Waals surface area contributed by atoms with E-state index in [1.54, 1.807) is 0 Å². The number of hydrogen-bond donors (Lipinski definition) is 0. The van der Waals surface area contributed by atoms with Crippen LogP contribution in [-0.4, -0.2) is 29.6 Å². The second kappa shape index (κ2) is 5.52. The Hall–Kier alpha value is -0.112. The molecule has 148 valence electrons. The molecule has 1 aliphatic carbocycles. The fraction of sp³-hybridized carbons (Fsp3) is 0.368. The van der Waals surface area contributed by atoms with Gasteiger partial charge in [0.25, 0.3) is 0 Å². The van der Waals surface area contributed by atoms with E-state index in [4.69, 9.17) is 26.4 Å². The molecule has 2 aromatic carbocycles. The number of rotatable bonds is 6. The average molecular weight is 479 g/mol. The van der Waals surface area contributed by atoms with E-state index in [2.05, 4.69) is 19.6 Å². The summed E-state index contributed by atoms with van der Waals surface area (Å²) in [6.45, 7) is 6.72. The van der Waals surface area contributed by atoms with Crippen molar-refractivity contribution in [2.75, 3.05) is 13.2 Å². The Morgan fingerprint density at radius 1 is 0.963 bits per heavy atom. The summed E-state index contributed by atoms with van der Waals surface area (Å²) in [6.07, 6.45) is 0. The van der Waals surface area contributed by atoms with Gasteiger partial charge in [-0.25, -0.2) is 0 Å². The first-order chi connectivity index (χ1) is 12.0. The maximum absolute atomic E-state index is 14.8. The third kappa shape index (κ3) is 4.41. The Morgan fingerprint density at radius 2 is 1.41 bits per heavy atom. The molecule has 0 fully saturated rings. The van der Waals surface area contributed by atoms with E-state index in [0.29, 0.717) is 6.61 Å². The van der Waals surface area contributed by atoms with Crippen LogP contribution in [0.4, 0.5) is 0 Å². The van der Waals surface area contributed by atoms with Crippen molar-refractivity contribution in [2.24, 2.45) is 0 Å². The van der Waals surface area contributed by atoms with Crippen molar-refractivity contribution in [2.45, 2.75) is 29.1 Å². The standard InChI is InChI=1S/C13H9.C5H13O2Si.CH3.2ClH.O.H3Si.Ti/c1-3-7-12-10(5-1)9-11-6-2-4-8-13(11)12;1-8(2,3)7-5-4-6;;;;;;/h1-9H;4-5H2,1-3H3;1H3;2*1H;;1H3;/q;-1;;;;;;+3/p-2. The van der Waals surface area contributed by atoms with Gasteiger partial charge in [-0.2, -0.15) is 0 Å². The van der Waals surface area contributed by atoms with Gasteiger partial charge in [-0.1, -0.05) is 0 Å². The summed E-state index contributed by atoms with van der Waals surface area (Å²) in [5.74, 6) is 0. The molecule has 0 atom stereocenters. The molecule has 0 amide bonds. The summed E-state index contributed by atoms with van der Waals surface area (Å²) in [6, 6.07) is 15.7. The fourth-order valence-corrected chi connectivity index (χ4v) is 16.6. The quantitative estimate of drug-likeness (QED) is 0.418. The molecule has 0 radical (unpaired) electrons. The summed E-state index contributed by atoms with van der Waals surface area (Å²) >= 11 is 0. The summed E-state index contributed by atoms with van der Waals surface area (Å²) in [7, 11) is 5.88. The van der Waals surface area contributed by atoms with Gasteiger partial charge in [-0.15, -0.1) is 0 Å². The van der Waals surface area contributed by atoms with Crippen LogP contribution in [0.1, 0.15) is 15.3 Å². The van der Waals surface area contributed by atoms with E-state index < -0.39 is 22.8 Å². The Morgan fingerprint density at radius 3 is 1.85 bits per heavy atom. The minimum atomic E-state index is -6.61. The van der Waals surface area contributed by atoms with Gasteiger partial charge < -0.3 is 0 Å². The van der Waals surface area contributed by atoms with Crippen molar-refractivity contribution in [3.8, 4) is 11.1 Å². The molecule has 1 aliphatic rings. The van der Waals surface area contributed by atoms with Crippen LogP contribution in [-0.2, 0) is 21.3 Å². The summed E-state index contributed by atoms with van der Waals surface area (Å²) in [5.41, 5.74) is 3.78. The second-order valence-electron chi connectivity index (χ2n) is 9.98. The van der Waals surface area contributed by atoms with Gasteiger partial charge in [-0.05, 0) is 0 Å². The monoisotopic (exact) mass is 478 g/mol. The Balaban J connectivity index is 2.10. The summed E-state index contributed by atoms with van der Waals surface area (Å²) in [5, 5.41) is 1.48. The van der Waals surface area contributed by atoms with E-state index in [0.717, 1.165) is 22.3 Å². The molecule has 3 rings (SSSR count). The fourth-order valence-electron chi connectivity index (χ4n) is 4.12. The van der Waals surface area contributed by atoms with Crippen LogP contribution < -0.4 is 0 Å². The number of halogens is 2. The Labute approximate surface area is 168 Å². The molecular formula is C19H28Cl2O3Si2Ti. The molecule has 3 nitrogen and oxygen atoms in total.